The van der Waals surface area contributed by atoms with Crippen molar-refractivity contribution in [1.82, 2.24) is 10.7 Å². The molecule has 0 aromatic heterocycles. The Balaban J connectivity index is 1.89. The molecular formula is C22H25BrN4O5. The van der Waals surface area contributed by atoms with Crippen molar-refractivity contribution in [2.75, 3.05) is 25.6 Å². The van der Waals surface area contributed by atoms with E-state index >= 15 is 0 Å². The summed E-state index contributed by atoms with van der Waals surface area (Å²) >= 11 is 3.34. The summed E-state index contributed by atoms with van der Waals surface area (Å²) in [4.78, 5) is 35.4. The van der Waals surface area contributed by atoms with Crippen LogP contribution < -0.4 is 25.5 Å². The van der Waals surface area contributed by atoms with Gasteiger partial charge in [0.05, 0.1) is 13.3 Å². The van der Waals surface area contributed by atoms with Gasteiger partial charge in [-0.1, -0.05) is 29.8 Å². The number of benzene rings is 2. The second-order valence-electron chi connectivity index (χ2n) is 7.06. The van der Waals surface area contributed by atoms with Crippen LogP contribution in [0.4, 0.5) is 5.69 Å². The fourth-order valence-corrected chi connectivity index (χ4v) is 2.61. The minimum Gasteiger partial charge on any atom is -0.493 e. The number of halogens is 1. The first-order valence-electron chi connectivity index (χ1n) is 9.76. The van der Waals surface area contributed by atoms with E-state index < -0.39 is 11.8 Å². The van der Waals surface area contributed by atoms with Crippen LogP contribution in [0.5, 0.6) is 11.5 Å². The van der Waals surface area contributed by atoms with E-state index in [1.807, 2.05) is 26.0 Å². The first-order chi connectivity index (χ1) is 15.3. The zero-order valence-electron chi connectivity index (χ0n) is 18.0. The molecule has 0 radical (unpaired) electrons. The van der Waals surface area contributed by atoms with Gasteiger partial charge in [-0.15, -0.1) is 0 Å². The molecule has 0 saturated heterocycles. The fourth-order valence-electron chi connectivity index (χ4n) is 2.35. The number of carbonyl (C=O) groups excluding carboxylic acids is 3. The second-order valence-corrected chi connectivity index (χ2v) is 7.97. The molecule has 0 aliphatic rings. The number of methoxy groups -OCH3 is 1. The highest BCUT2D eigenvalue weighted by molar-refractivity contribution is 9.10. The third-order valence-corrected chi connectivity index (χ3v) is 4.46. The van der Waals surface area contributed by atoms with Crippen LogP contribution in [-0.2, 0) is 14.4 Å². The predicted octanol–water partition coefficient (Wildman–Crippen LogP) is 2.70. The summed E-state index contributed by atoms with van der Waals surface area (Å²) in [5.41, 5.74) is 3.41. The van der Waals surface area contributed by atoms with Crippen LogP contribution in [0.1, 0.15) is 19.4 Å². The molecule has 0 aliphatic heterocycles. The Morgan fingerprint density at radius 1 is 1.06 bits per heavy atom. The van der Waals surface area contributed by atoms with E-state index in [-0.39, 0.29) is 18.4 Å². The van der Waals surface area contributed by atoms with Gasteiger partial charge in [-0.3, -0.25) is 14.4 Å². The number of rotatable bonds is 9. The molecule has 0 fully saturated rings. The van der Waals surface area contributed by atoms with Gasteiger partial charge in [0.1, 0.15) is 0 Å². The Bertz CT molecular complexity index is 977. The molecule has 2 aromatic carbocycles. The van der Waals surface area contributed by atoms with E-state index in [0.29, 0.717) is 29.3 Å². The number of hydrazone groups is 1. The topological polar surface area (TPSA) is 118 Å². The highest BCUT2D eigenvalue weighted by Crippen LogP contribution is 2.27. The number of amides is 3. The predicted molar refractivity (Wildman–Crippen MR) is 125 cm³/mol. The van der Waals surface area contributed by atoms with Gasteiger partial charge in [-0.2, -0.15) is 5.10 Å². The van der Waals surface area contributed by atoms with Crippen LogP contribution >= 0.6 is 15.9 Å². The average molecular weight is 505 g/mol. The van der Waals surface area contributed by atoms with Gasteiger partial charge in [-0.05, 0) is 53.9 Å². The number of ether oxygens (including phenoxy) is 2. The van der Waals surface area contributed by atoms with Gasteiger partial charge in [-0.25, -0.2) is 5.43 Å². The van der Waals surface area contributed by atoms with E-state index in [0.717, 1.165) is 4.47 Å². The number of nitrogens with one attached hydrogen (secondary N) is 3. The molecular weight excluding hydrogens is 480 g/mol. The lowest BCUT2D eigenvalue weighted by Gasteiger charge is -2.11. The van der Waals surface area contributed by atoms with E-state index in [9.17, 15) is 14.4 Å². The molecule has 32 heavy (non-hydrogen) atoms. The molecule has 2 rings (SSSR count). The first kappa shape index (κ1) is 24.9. The summed E-state index contributed by atoms with van der Waals surface area (Å²) in [7, 11) is 1.46. The van der Waals surface area contributed by atoms with Gasteiger partial charge >= 0.3 is 11.8 Å². The Labute approximate surface area is 194 Å². The maximum atomic E-state index is 12.1. The Hall–Kier alpha value is -3.40. The molecule has 0 heterocycles. The zero-order chi connectivity index (χ0) is 23.5. The van der Waals surface area contributed by atoms with Crippen molar-refractivity contribution >= 4 is 45.6 Å². The zero-order valence-corrected chi connectivity index (χ0v) is 19.6. The van der Waals surface area contributed by atoms with Crippen molar-refractivity contribution in [3.63, 3.8) is 0 Å². The van der Waals surface area contributed by atoms with Crippen molar-refractivity contribution in [1.29, 1.82) is 0 Å². The molecule has 0 spiro atoms. The Morgan fingerprint density at radius 3 is 2.44 bits per heavy atom. The lowest BCUT2D eigenvalue weighted by Crippen LogP contribution is -2.39. The van der Waals surface area contributed by atoms with Crippen LogP contribution in [0.3, 0.4) is 0 Å². The van der Waals surface area contributed by atoms with Gasteiger partial charge in [0.25, 0.3) is 5.91 Å². The van der Waals surface area contributed by atoms with Crippen molar-refractivity contribution in [3.8, 4) is 11.5 Å². The molecule has 9 nitrogen and oxygen atoms in total. The Kier molecular flexibility index (Phi) is 9.68. The highest BCUT2D eigenvalue weighted by Gasteiger charge is 2.12. The molecule has 0 unspecified atom stereocenters. The quantitative estimate of drug-likeness (QED) is 0.275. The lowest BCUT2D eigenvalue weighted by atomic mass is 10.2. The molecule has 170 valence electrons. The second kappa shape index (κ2) is 12.5. The van der Waals surface area contributed by atoms with Gasteiger partial charge in [0.15, 0.2) is 18.1 Å². The van der Waals surface area contributed by atoms with Crippen molar-refractivity contribution in [2.24, 2.45) is 11.0 Å². The molecule has 3 amide bonds. The number of nitrogens with zero attached hydrogens (tertiary/aromatic N) is 1. The van der Waals surface area contributed by atoms with Crippen LogP contribution in [0, 0.1) is 5.92 Å². The number of hydrogen-bond acceptors (Lipinski definition) is 6. The fraction of sp³-hybridized carbons (Fsp3) is 0.273. The van der Waals surface area contributed by atoms with Crippen LogP contribution in [0.25, 0.3) is 0 Å². The Morgan fingerprint density at radius 2 is 1.78 bits per heavy atom. The molecule has 0 saturated carbocycles. The molecule has 3 N–H and O–H groups in total. The number of hydrogen-bond donors (Lipinski definition) is 3. The van der Waals surface area contributed by atoms with E-state index in [2.05, 4.69) is 37.1 Å². The summed E-state index contributed by atoms with van der Waals surface area (Å²) < 4.78 is 11.8. The summed E-state index contributed by atoms with van der Waals surface area (Å²) in [6.07, 6.45) is 1.36. The lowest BCUT2D eigenvalue weighted by molar-refractivity contribution is -0.139. The van der Waals surface area contributed by atoms with Crippen LogP contribution in [-0.4, -0.2) is 44.2 Å². The third-order valence-electron chi connectivity index (χ3n) is 3.93. The summed E-state index contributed by atoms with van der Waals surface area (Å²) in [5, 5.41) is 9.00. The van der Waals surface area contributed by atoms with Crippen molar-refractivity contribution < 1.29 is 23.9 Å². The van der Waals surface area contributed by atoms with E-state index in [1.54, 1.807) is 30.3 Å². The molecule has 2 aromatic rings. The minimum atomic E-state index is -0.856. The SMILES string of the molecule is COc1cc(C=NNC(=O)C(=O)NCC(C)C)ccc1OCC(=O)Nc1ccc(Br)cc1. The van der Waals surface area contributed by atoms with Crippen LogP contribution in [0.2, 0.25) is 0 Å². The monoisotopic (exact) mass is 504 g/mol. The standard InChI is InChI=1S/C22H25BrN4O5/c1-14(2)11-24-21(29)22(30)27-25-12-15-4-9-18(19(10-15)31-3)32-13-20(28)26-17-7-5-16(23)6-8-17/h4-10,12,14H,11,13H2,1-3H3,(H,24,29)(H,26,28)(H,27,30). The van der Waals surface area contributed by atoms with E-state index in [1.165, 1.54) is 13.3 Å². The first-order valence-corrected chi connectivity index (χ1v) is 10.5. The molecule has 0 aliphatic carbocycles. The summed E-state index contributed by atoms with van der Waals surface area (Å²) in [6.45, 7) is 4.04. The maximum Gasteiger partial charge on any atom is 0.329 e. The normalized spacial score (nSPS) is 10.7. The largest absolute Gasteiger partial charge is 0.493 e. The summed E-state index contributed by atoms with van der Waals surface area (Å²) in [5.74, 6) is -0.947. The third kappa shape index (κ3) is 8.38. The van der Waals surface area contributed by atoms with Gasteiger partial charge in [0.2, 0.25) is 0 Å². The molecule has 0 bridgehead atoms. The highest BCUT2D eigenvalue weighted by atomic mass is 79.9. The summed E-state index contributed by atoms with van der Waals surface area (Å²) in [6, 6.07) is 12.1. The number of carbonyl (C=O) groups is 3. The molecule has 10 heteroatoms. The number of anilines is 1. The average Bonchev–Trinajstić information content (AvgIpc) is 2.77. The van der Waals surface area contributed by atoms with E-state index in [4.69, 9.17) is 9.47 Å². The van der Waals surface area contributed by atoms with Gasteiger partial charge < -0.3 is 20.1 Å². The molecule has 0 atom stereocenters. The maximum absolute atomic E-state index is 12.1. The van der Waals surface area contributed by atoms with Crippen molar-refractivity contribution in [2.45, 2.75) is 13.8 Å². The van der Waals surface area contributed by atoms with Gasteiger partial charge in [0, 0.05) is 16.7 Å². The van der Waals surface area contributed by atoms with Crippen LogP contribution in [0.15, 0.2) is 52.0 Å². The minimum absolute atomic E-state index is 0.207. The van der Waals surface area contributed by atoms with Crippen molar-refractivity contribution in [3.05, 3.63) is 52.5 Å². The smallest absolute Gasteiger partial charge is 0.329 e.